The van der Waals surface area contributed by atoms with E-state index in [9.17, 15) is 4.79 Å². The molecule has 0 radical (unpaired) electrons. The largest absolute Gasteiger partial charge is 0.341 e. The maximum absolute atomic E-state index is 11.4. The quantitative estimate of drug-likeness (QED) is 0.802. The number of amides is 1. The number of aryl methyl sites for hydroxylation is 1. The summed E-state index contributed by atoms with van der Waals surface area (Å²) < 4.78 is 0.922. The minimum atomic E-state index is -0.149. The molecule has 0 fully saturated rings. The fourth-order valence-corrected chi connectivity index (χ4v) is 1.35. The summed E-state index contributed by atoms with van der Waals surface area (Å²) >= 11 is 3.36. The molecule has 0 bridgehead atoms. The van der Waals surface area contributed by atoms with E-state index in [0.29, 0.717) is 5.56 Å². The van der Waals surface area contributed by atoms with Gasteiger partial charge in [-0.2, -0.15) is 0 Å². The molecule has 1 amide bonds. The SMILES string of the molecule is C#CCNC(=O)c1ccc(C)c(Br)c1. The molecule has 0 aliphatic rings. The monoisotopic (exact) mass is 251 g/mol. The van der Waals surface area contributed by atoms with E-state index in [1.165, 1.54) is 0 Å². The van der Waals surface area contributed by atoms with E-state index in [1.54, 1.807) is 12.1 Å². The van der Waals surface area contributed by atoms with Gasteiger partial charge in [0.25, 0.3) is 5.91 Å². The molecule has 0 aromatic heterocycles. The number of benzene rings is 1. The first kappa shape index (κ1) is 10.8. The lowest BCUT2D eigenvalue weighted by atomic mass is 10.1. The normalized spacial score (nSPS) is 9.21. The van der Waals surface area contributed by atoms with Gasteiger partial charge in [-0.3, -0.25) is 4.79 Å². The molecule has 1 N–H and O–H groups in total. The molecule has 0 aliphatic heterocycles. The van der Waals surface area contributed by atoms with Gasteiger partial charge in [0.2, 0.25) is 0 Å². The molecule has 0 saturated heterocycles. The van der Waals surface area contributed by atoms with E-state index in [2.05, 4.69) is 27.2 Å². The third kappa shape index (κ3) is 2.61. The van der Waals surface area contributed by atoms with Gasteiger partial charge in [-0.05, 0) is 24.6 Å². The van der Waals surface area contributed by atoms with E-state index in [1.807, 2.05) is 13.0 Å². The molecule has 1 aromatic rings. The van der Waals surface area contributed by atoms with Crippen molar-refractivity contribution in [2.75, 3.05) is 6.54 Å². The van der Waals surface area contributed by atoms with Crippen LogP contribution in [0.5, 0.6) is 0 Å². The van der Waals surface area contributed by atoms with Gasteiger partial charge in [0.15, 0.2) is 0 Å². The Hall–Kier alpha value is -1.27. The summed E-state index contributed by atoms with van der Waals surface area (Å²) in [6.45, 7) is 2.22. The van der Waals surface area contributed by atoms with Gasteiger partial charge in [0.05, 0.1) is 6.54 Å². The summed E-state index contributed by atoms with van der Waals surface area (Å²) in [5.41, 5.74) is 1.70. The first-order chi connectivity index (χ1) is 6.65. The molecule has 0 atom stereocenters. The third-order valence-corrected chi connectivity index (χ3v) is 2.64. The fraction of sp³-hybridized carbons (Fsp3) is 0.182. The maximum atomic E-state index is 11.4. The molecule has 0 heterocycles. The van der Waals surface area contributed by atoms with Crippen LogP contribution >= 0.6 is 15.9 Å². The van der Waals surface area contributed by atoms with Crippen molar-refractivity contribution in [3.05, 3.63) is 33.8 Å². The second-order valence-corrected chi connectivity index (χ2v) is 3.71. The molecule has 0 saturated carbocycles. The van der Waals surface area contributed by atoms with Crippen LogP contribution in [0, 0.1) is 19.3 Å². The zero-order valence-electron chi connectivity index (χ0n) is 7.80. The topological polar surface area (TPSA) is 29.1 Å². The van der Waals surface area contributed by atoms with E-state index in [-0.39, 0.29) is 12.5 Å². The number of rotatable bonds is 2. The van der Waals surface area contributed by atoms with Gasteiger partial charge in [0.1, 0.15) is 0 Å². The average Bonchev–Trinajstić information content (AvgIpc) is 2.18. The molecule has 14 heavy (non-hydrogen) atoms. The van der Waals surface area contributed by atoms with Crippen molar-refractivity contribution in [1.82, 2.24) is 5.32 Å². The Balaban J connectivity index is 2.82. The van der Waals surface area contributed by atoms with Crippen LogP contribution in [0.2, 0.25) is 0 Å². The number of nitrogens with one attached hydrogen (secondary N) is 1. The van der Waals surface area contributed by atoms with Crippen LogP contribution in [-0.2, 0) is 0 Å². The highest BCUT2D eigenvalue weighted by Gasteiger charge is 2.05. The van der Waals surface area contributed by atoms with Gasteiger partial charge in [-0.25, -0.2) is 0 Å². The zero-order chi connectivity index (χ0) is 10.6. The summed E-state index contributed by atoms with van der Waals surface area (Å²) in [5, 5.41) is 2.60. The van der Waals surface area contributed by atoms with Gasteiger partial charge in [-0.1, -0.05) is 27.9 Å². The third-order valence-electron chi connectivity index (χ3n) is 1.79. The second-order valence-electron chi connectivity index (χ2n) is 2.85. The first-order valence-electron chi connectivity index (χ1n) is 4.13. The van der Waals surface area contributed by atoms with Gasteiger partial charge in [-0.15, -0.1) is 6.42 Å². The summed E-state index contributed by atoms with van der Waals surface area (Å²) in [7, 11) is 0. The number of halogens is 1. The number of hydrogen-bond donors (Lipinski definition) is 1. The van der Waals surface area contributed by atoms with Crippen LogP contribution in [0.25, 0.3) is 0 Å². The first-order valence-corrected chi connectivity index (χ1v) is 4.92. The van der Waals surface area contributed by atoms with Crippen molar-refractivity contribution in [2.45, 2.75) is 6.92 Å². The van der Waals surface area contributed by atoms with Crippen molar-refractivity contribution in [2.24, 2.45) is 0 Å². The summed E-state index contributed by atoms with van der Waals surface area (Å²) in [5.74, 6) is 2.20. The van der Waals surface area contributed by atoms with Crippen LogP contribution in [0.15, 0.2) is 22.7 Å². The van der Waals surface area contributed by atoms with Crippen molar-refractivity contribution in [3.63, 3.8) is 0 Å². The second kappa shape index (κ2) is 4.83. The summed E-state index contributed by atoms with van der Waals surface area (Å²) in [6, 6.07) is 5.43. The van der Waals surface area contributed by atoms with Crippen molar-refractivity contribution in [3.8, 4) is 12.3 Å². The van der Waals surface area contributed by atoms with Gasteiger partial charge < -0.3 is 5.32 Å². The highest BCUT2D eigenvalue weighted by molar-refractivity contribution is 9.10. The van der Waals surface area contributed by atoms with E-state index in [4.69, 9.17) is 6.42 Å². The Morgan fingerprint density at radius 1 is 1.64 bits per heavy atom. The molecule has 0 aliphatic carbocycles. The number of carbonyl (C=O) groups is 1. The number of carbonyl (C=O) groups excluding carboxylic acids is 1. The Morgan fingerprint density at radius 2 is 2.36 bits per heavy atom. The highest BCUT2D eigenvalue weighted by Crippen LogP contribution is 2.17. The lowest BCUT2D eigenvalue weighted by Gasteiger charge is -2.03. The van der Waals surface area contributed by atoms with Crippen LogP contribution < -0.4 is 5.32 Å². The standard InChI is InChI=1S/C11H10BrNO/c1-3-6-13-11(14)9-5-4-8(2)10(12)7-9/h1,4-5,7H,6H2,2H3,(H,13,14). The number of hydrogen-bond acceptors (Lipinski definition) is 1. The highest BCUT2D eigenvalue weighted by atomic mass is 79.9. The zero-order valence-corrected chi connectivity index (χ0v) is 9.39. The molecule has 0 unspecified atom stereocenters. The lowest BCUT2D eigenvalue weighted by Crippen LogP contribution is -2.23. The van der Waals surface area contributed by atoms with Crippen LogP contribution in [-0.4, -0.2) is 12.5 Å². The minimum Gasteiger partial charge on any atom is -0.341 e. The van der Waals surface area contributed by atoms with Gasteiger partial charge >= 0.3 is 0 Å². The summed E-state index contributed by atoms with van der Waals surface area (Å²) in [6.07, 6.45) is 5.03. The van der Waals surface area contributed by atoms with E-state index >= 15 is 0 Å². The van der Waals surface area contributed by atoms with E-state index < -0.39 is 0 Å². The Kier molecular flexibility index (Phi) is 3.73. The molecule has 2 nitrogen and oxygen atoms in total. The number of terminal acetylenes is 1. The summed E-state index contributed by atoms with van der Waals surface area (Å²) in [4.78, 5) is 11.4. The predicted molar refractivity (Wildman–Crippen MR) is 60.0 cm³/mol. The Bertz CT molecular complexity index is 393. The van der Waals surface area contributed by atoms with Crippen molar-refractivity contribution in [1.29, 1.82) is 0 Å². The predicted octanol–water partition coefficient (Wildman–Crippen LogP) is 2.12. The smallest absolute Gasteiger partial charge is 0.252 e. The van der Waals surface area contributed by atoms with Crippen LogP contribution in [0.1, 0.15) is 15.9 Å². The van der Waals surface area contributed by atoms with Crippen LogP contribution in [0.4, 0.5) is 0 Å². The van der Waals surface area contributed by atoms with E-state index in [0.717, 1.165) is 10.0 Å². The Labute approximate surface area is 91.8 Å². The molecule has 72 valence electrons. The molecule has 3 heteroatoms. The molecule has 1 rings (SSSR count). The fourth-order valence-electron chi connectivity index (χ4n) is 0.967. The van der Waals surface area contributed by atoms with Crippen molar-refractivity contribution < 1.29 is 4.79 Å². The Morgan fingerprint density at radius 3 is 2.93 bits per heavy atom. The van der Waals surface area contributed by atoms with Crippen molar-refractivity contribution >= 4 is 21.8 Å². The molecular weight excluding hydrogens is 242 g/mol. The molecule has 0 spiro atoms. The van der Waals surface area contributed by atoms with Gasteiger partial charge in [0, 0.05) is 10.0 Å². The average molecular weight is 252 g/mol. The lowest BCUT2D eigenvalue weighted by molar-refractivity contribution is 0.0958. The molecule has 1 aromatic carbocycles. The molecular formula is C11H10BrNO. The maximum Gasteiger partial charge on any atom is 0.252 e. The minimum absolute atomic E-state index is 0.149. The van der Waals surface area contributed by atoms with Crippen LogP contribution in [0.3, 0.4) is 0 Å².